The maximum absolute atomic E-state index is 10.4. The van der Waals surface area contributed by atoms with Crippen LogP contribution in [0, 0.1) is 11.8 Å². The summed E-state index contributed by atoms with van der Waals surface area (Å²) < 4.78 is 5.70. The first kappa shape index (κ1) is 14.4. The lowest BCUT2D eigenvalue weighted by Gasteiger charge is -2.04. The third-order valence-electron chi connectivity index (χ3n) is 3.09. The summed E-state index contributed by atoms with van der Waals surface area (Å²) in [5.41, 5.74) is 2.58. The number of nitrogens with zero attached hydrogens (tertiary/aromatic N) is 1. The fourth-order valence-corrected chi connectivity index (χ4v) is 4.23. The van der Waals surface area contributed by atoms with Gasteiger partial charge in [-0.1, -0.05) is 11.6 Å². The largest absolute Gasteiger partial charge is 0.325 e. The number of thiophene rings is 1. The van der Waals surface area contributed by atoms with Gasteiger partial charge in [0.05, 0.1) is 4.21 Å². The Kier molecular flexibility index (Phi) is 4.14. The van der Waals surface area contributed by atoms with Gasteiger partial charge in [-0.05, 0) is 77.5 Å². The molecule has 106 valence electrons. The molecule has 0 fully saturated rings. The van der Waals surface area contributed by atoms with Crippen LogP contribution < -0.4 is 4.72 Å². The van der Waals surface area contributed by atoms with E-state index in [-0.39, 0.29) is 0 Å². The lowest BCUT2D eigenvalue weighted by atomic mass is 10.2. The number of hydrogen-bond acceptors (Lipinski definition) is 5. The third-order valence-corrected chi connectivity index (χ3v) is 5.72. The van der Waals surface area contributed by atoms with Crippen LogP contribution in [-0.4, -0.2) is 0 Å². The van der Waals surface area contributed by atoms with Gasteiger partial charge in [0.15, 0.2) is 0 Å². The van der Waals surface area contributed by atoms with Crippen molar-refractivity contribution in [2.24, 2.45) is 5.18 Å². The van der Waals surface area contributed by atoms with Crippen molar-refractivity contribution in [1.29, 1.82) is 0 Å². The van der Waals surface area contributed by atoms with Crippen LogP contribution in [0.1, 0.15) is 5.56 Å². The van der Waals surface area contributed by atoms with E-state index in [1.807, 2.05) is 30.3 Å². The second kappa shape index (κ2) is 6.05. The average Bonchev–Trinajstić information content (AvgIpc) is 2.82. The SMILES string of the molecule is Cc1c(SNc2ccc(N=O)cc2)sc2ccc(Cl)cc12. The van der Waals surface area contributed by atoms with Gasteiger partial charge in [-0.25, -0.2) is 0 Å². The minimum absolute atomic E-state index is 0.429. The van der Waals surface area contributed by atoms with Crippen LogP contribution in [-0.2, 0) is 0 Å². The Balaban J connectivity index is 1.81. The van der Waals surface area contributed by atoms with Gasteiger partial charge in [0, 0.05) is 15.4 Å². The molecule has 0 bridgehead atoms. The summed E-state index contributed by atoms with van der Waals surface area (Å²) in [7, 11) is 0. The van der Waals surface area contributed by atoms with E-state index in [9.17, 15) is 4.91 Å². The third kappa shape index (κ3) is 3.05. The molecule has 6 heteroatoms. The molecule has 3 aromatic rings. The van der Waals surface area contributed by atoms with Crippen LogP contribution in [0.5, 0.6) is 0 Å². The molecule has 0 amide bonds. The van der Waals surface area contributed by atoms with Gasteiger partial charge in [-0.3, -0.25) is 0 Å². The van der Waals surface area contributed by atoms with Crippen molar-refractivity contribution in [3.8, 4) is 0 Å². The van der Waals surface area contributed by atoms with Gasteiger partial charge in [0.2, 0.25) is 0 Å². The van der Waals surface area contributed by atoms with Crippen molar-refractivity contribution in [3.05, 3.63) is 58.0 Å². The van der Waals surface area contributed by atoms with E-state index >= 15 is 0 Å². The Labute approximate surface area is 135 Å². The van der Waals surface area contributed by atoms with Crippen LogP contribution >= 0.6 is 34.9 Å². The summed E-state index contributed by atoms with van der Waals surface area (Å²) in [6.45, 7) is 2.10. The quantitative estimate of drug-likeness (QED) is 0.444. The highest BCUT2D eigenvalue weighted by Crippen LogP contribution is 2.38. The fourth-order valence-electron chi connectivity index (χ4n) is 1.96. The Morgan fingerprint density at radius 2 is 1.95 bits per heavy atom. The van der Waals surface area contributed by atoms with Crippen LogP contribution in [0.15, 0.2) is 51.9 Å². The maximum atomic E-state index is 10.4. The van der Waals surface area contributed by atoms with E-state index in [1.165, 1.54) is 19.9 Å². The summed E-state index contributed by atoms with van der Waals surface area (Å²) in [6.07, 6.45) is 0. The van der Waals surface area contributed by atoms with Crippen molar-refractivity contribution in [1.82, 2.24) is 0 Å². The van der Waals surface area contributed by atoms with Gasteiger partial charge in [-0.15, -0.1) is 16.2 Å². The Bertz CT molecular complexity index is 799. The average molecular weight is 335 g/mol. The monoisotopic (exact) mass is 334 g/mol. The second-order valence-corrected chi connectivity index (χ2v) is 7.06. The fraction of sp³-hybridized carbons (Fsp3) is 0.0667. The van der Waals surface area contributed by atoms with Crippen molar-refractivity contribution in [2.45, 2.75) is 11.1 Å². The number of benzene rings is 2. The summed E-state index contributed by atoms with van der Waals surface area (Å²) in [5, 5.41) is 4.83. The van der Waals surface area contributed by atoms with Gasteiger partial charge < -0.3 is 4.72 Å². The van der Waals surface area contributed by atoms with Crippen molar-refractivity contribution in [3.63, 3.8) is 0 Å². The summed E-state index contributed by atoms with van der Waals surface area (Å²) in [4.78, 5) is 10.4. The van der Waals surface area contributed by atoms with E-state index < -0.39 is 0 Å². The number of hydrogen-bond donors (Lipinski definition) is 1. The van der Waals surface area contributed by atoms with E-state index in [1.54, 1.807) is 35.4 Å². The molecule has 3 rings (SSSR count). The van der Waals surface area contributed by atoms with Crippen molar-refractivity contribution >= 4 is 56.3 Å². The number of anilines is 1. The van der Waals surface area contributed by atoms with Crippen LogP contribution in [0.4, 0.5) is 11.4 Å². The molecule has 0 radical (unpaired) electrons. The van der Waals surface area contributed by atoms with Crippen molar-refractivity contribution in [2.75, 3.05) is 4.72 Å². The highest BCUT2D eigenvalue weighted by Gasteiger charge is 2.09. The molecule has 0 atom stereocenters. The van der Waals surface area contributed by atoms with E-state index in [2.05, 4.69) is 16.8 Å². The molecule has 21 heavy (non-hydrogen) atoms. The maximum Gasteiger partial charge on any atom is 0.108 e. The van der Waals surface area contributed by atoms with Crippen molar-refractivity contribution < 1.29 is 0 Å². The molecule has 0 saturated heterocycles. The lowest BCUT2D eigenvalue weighted by Crippen LogP contribution is -1.85. The normalized spacial score (nSPS) is 10.8. The molecule has 0 aliphatic carbocycles. The molecule has 0 spiro atoms. The molecule has 1 heterocycles. The number of nitroso groups, excluding NO2 is 1. The first-order valence-electron chi connectivity index (χ1n) is 6.22. The number of rotatable bonds is 4. The number of halogens is 1. The summed E-state index contributed by atoms with van der Waals surface area (Å²) in [6, 6.07) is 13.0. The highest BCUT2D eigenvalue weighted by molar-refractivity contribution is 8.02. The number of fused-ring (bicyclic) bond motifs is 1. The Morgan fingerprint density at radius 1 is 1.19 bits per heavy atom. The molecule has 1 aromatic heterocycles. The van der Waals surface area contributed by atoms with Gasteiger partial charge in [-0.2, -0.15) is 0 Å². The van der Waals surface area contributed by atoms with E-state index in [4.69, 9.17) is 11.6 Å². The van der Waals surface area contributed by atoms with Gasteiger partial charge in [0.25, 0.3) is 0 Å². The summed E-state index contributed by atoms with van der Waals surface area (Å²) >= 11 is 9.34. The zero-order valence-corrected chi connectivity index (χ0v) is 13.5. The molecule has 0 unspecified atom stereocenters. The Hall–Kier alpha value is -1.56. The number of nitrogens with one attached hydrogen (secondary N) is 1. The van der Waals surface area contributed by atoms with E-state index in [0.717, 1.165) is 10.7 Å². The zero-order chi connectivity index (χ0) is 14.8. The van der Waals surface area contributed by atoms with Gasteiger partial charge in [0.1, 0.15) is 5.69 Å². The molecule has 0 saturated carbocycles. The molecule has 2 aromatic carbocycles. The topological polar surface area (TPSA) is 41.5 Å². The molecule has 0 aliphatic heterocycles. The number of aryl methyl sites for hydroxylation is 1. The minimum Gasteiger partial charge on any atom is -0.325 e. The first-order chi connectivity index (χ1) is 10.2. The van der Waals surface area contributed by atoms with Crippen LogP contribution in [0.3, 0.4) is 0 Å². The summed E-state index contributed by atoms with van der Waals surface area (Å²) in [5.74, 6) is 0. The lowest BCUT2D eigenvalue weighted by molar-refractivity contribution is 1.46. The Morgan fingerprint density at radius 3 is 2.67 bits per heavy atom. The van der Waals surface area contributed by atoms with Crippen LogP contribution in [0.2, 0.25) is 5.02 Å². The second-order valence-electron chi connectivity index (χ2n) is 4.50. The molecule has 1 N–H and O–H groups in total. The van der Waals surface area contributed by atoms with E-state index in [0.29, 0.717) is 5.69 Å². The predicted octanol–water partition coefficient (Wildman–Crippen LogP) is 6.38. The highest BCUT2D eigenvalue weighted by atomic mass is 35.5. The smallest absolute Gasteiger partial charge is 0.108 e. The standard InChI is InChI=1S/C15H11ClN2OS2/c1-9-13-8-10(16)2-7-14(13)20-15(9)21-18-12-5-3-11(17-19)4-6-12/h2-8,18H,1H3. The molecular weight excluding hydrogens is 324 g/mol. The predicted molar refractivity (Wildman–Crippen MR) is 92.9 cm³/mol. The van der Waals surface area contributed by atoms with Gasteiger partial charge >= 0.3 is 0 Å². The molecular formula is C15H11ClN2OS2. The van der Waals surface area contributed by atoms with Crippen LogP contribution in [0.25, 0.3) is 10.1 Å². The molecule has 0 aliphatic rings. The first-order valence-corrected chi connectivity index (χ1v) is 8.23. The minimum atomic E-state index is 0.429. The zero-order valence-electron chi connectivity index (χ0n) is 11.1. The molecule has 3 nitrogen and oxygen atoms in total.